The van der Waals surface area contributed by atoms with Gasteiger partial charge in [-0.3, -0.25) is 9.59 Å². The first-order valence-corrected chi connectivity index (χ1v) is 6.25. The van der Waals surface area contributed by atoms with Crippen molar-refractivity contribution in [3.8, 4) is 0 Å². The van der Waals surface area contributed by atoms with Gasteiger partial charge in [0.05, 0.1) is 6.54 Å². The van der Waals surface area contributed by atoms with Crippen LogP contribution in [0, 0.1) is 11.8 Å². The van der Waals surface area contributed by atoms with E-state index in [4.69, 9.17) is 5.11 Å². The van der Waals surface area contributed by atoms with E-state index in [1.807, 2.05) is 13.8 Å². The Kier molecular flexibility index (Phi) is 8.92. The number of nitrogens with one attached hydrogen (secondary N) is 2. The molecule has 5 nitrogen and oxygen atoms in total. The SMILES string of the molecule is C=CCNCC(=O)NCC(CC(=O)O)CC(C)C. The Balaban J connectivity index is 3.96. The van der Waals surface area contributed by atoms with Crippen LogP contribution >= 0.6 is 0 Å². The molecule has 1 amide bonds. The van der Waals surface area contributed by atoms with Crippen molar-refractivity contribution in [2.24, 2.45) is 11.8 Å². The van der Waals surface area contributed by atoms with Gasteiger partial charge in [-0.25, -0.2) is 0 Å². The lowest BCUT2D eigenvalue weighted by Crippen LogP contribution is -2.37. The van der Waals surface area contributed by atoms with E-state index in [-0.39, 0.29) is 24.8 Å². The lowest BCUT2D eigenvalue weighted by atomic mass is 9.94. The molecule has 0 aromatic carbocycles. The molecule has 0 saturated heterocycles. The van der Waals surface area contributed by atoms with Gasteiger partial charge in [0, 0.05) is 19.5 Å². The first-order chi connectivity index (χ1) is 8.45. The van der Waals surface area contributed by atoms with Gasteiger partial charge in [-0.2, -0.15) is 0 Å². The van der Waals surface area contributed by atoms with Crippen molar-refractivity contribution in [3.05, 3.63) is 12.7 Å². The second-order valence-corrected chi connectivity index (χ2v) is 4.82. The average molecular weight is 256 g/mol. The topological polar surface area (TPSA) is 78.4 Å². The van der Waals surface area contributed by atoms with Crippen LogP contribution < -0.4 is 10.6 Å². The maximum absolute atomic E-state index is 11.4. The predicted octanol–water partition coefficient (Wildman–Crippen LogP) is 1.02. The minimum Gasteiger partial charge on any atom is -0.481 e. The first kappa shape index (κ1) is 16.6. The molecule has 0 aliphatic heterocycles. The molecule has 0 aromatic rings. The van der Waals surface area contributed by atoms with Crippen molar-refractivity contribution in [2.45, 2.75) is 26.7 Å². The Morgan fingerprint density at radius 2 is 2.06 bits per heavy atom. The summed E-state index contributed by atoms with van der Waals surface area (Å²) < 4.78 is 0. The third kappa shape index (κ3) is 9.84. The average Bonchev–Trinajstić information content (AvgIpc) is 2.25. The number of carboxylic acid groups (broad SMARTS) is 1. The predicted molar refractivity (Wildman–Crippen MR) is 71.3 cm³/mol. The molecule has 0 fully saturated rings. The summed E-state index contributed by atoms with van der Waals surface area (Å²) in [4.78, 5) is 22.1. The summed E-state index contributed by atoms with van der Waals surface area (Å²) in [6.07, 6.45) is 2.57. The van der Waals surface area contributed by atoms with E-state index < -0.39 is 5.97 Å². The molecule has 0 aromatic heterocycles. The van der Waals surface area contributed by atoms with Gasteiger partial charge in [0.25, 0.3) is 0 Å². The number of hydrogen-bond acceptors (Lipinski definition) is 3. The fourth-order valence-corrected chi connectivity index (χ4v) is 1.76. The van der Waals surface area contributed by atoms with Gasteiger partial charge in [-0.15, -0.1) is 6.58 Å². The van der Waals surface area contributed by atoms with Gasteiger partial charge < -0.3 is 15.7 Å². The molecule has 3 N–H and O–H groups in total. The van der Waals surface area contributed by atoms with E-state index in [2.05, 4.69) is 17.2 Å². The maximum atomic E-state index is 11.4. The third-order valence-corrected chi connectivity index (χ3v) is 2.43. The largest absolute Gasteiger partial charge is 0.481 e. The Morgan fingerprint density at radius 1 is 1.39 bits per heavy atom. The van der Waals surface area contributed by atoms with Gasteiger partial charge in [-0.05, 0) is 18.3 Å². The molecule has 18 heavy (non-hydrogen) atoms. The van der Waals surface area contributed by atoms with Crippen LogP contribution in [0.2, 0.25) is 0 Å². The van der Waals surface area contributed by atoms with Crippen LogP contribution in [0.15, 0.2) is 12.7 Å². The molecule has 0 rings (SSSR count). The first-order valence-electron chi connectivity index (χ1n) is 6.25. The molecule has 1 unspecified atom stereocenters. The van der Waals surface area contributed by atoms with Crippen LogP contribution in [0.3, 0.4) is 0 Å². The number of aliphatic carboxylic acids is 1. The van der Waals surface area contributed by atoms with Crippen LogP contribution in [0.4, 0.5) is 0 Å². The van der Waals surface area contributed by atoms with Crippen LogP contribution in [0.1, 0.15) is 26.7 Å². The summed E-state index contributed by atoms with van der Waals surface area (Å²) in [6, 6.07) is 0. The minimum atomic E-state index is -0.820. The minimum absolute atomic E-state index is 0.00847. The van der Waals surface area contributed by atoms with Crippen LogP contribution in [0.5, 0.6) is 0 Å². The standard InChI is InChI=1S/C13H24N2O3/c1-4-5-14-9-12(16)15-8-11(6-10(2)3)7-13(17)18/h4,10-11,14H,1,5-9H2,2-3H3,(H,15,16)(H,17,18). The summed E-state index contributed by atoms with van der Waals surface area (Å²) in [7, 11) is 0. The molecule has 0 aliphatic rings. The monoisotopic (exact) mass is 256 g/mol. The smallest absolute Gasteiger partial charge is 0.303 e. The van der Waals surface area contributed by atoms with E-state index in [0.29, 0.717) is 19.0 Å². The van der Waals surface area contributed by atoms with Gasteiger partial charge >= 0.3 is 5.97 Å². The molecule has 5 heteroatoms. The highest BCUT2D eigenvalue weighted by Gasteiger charge is 2.15. The quantitative estimate of drug-likeness (QED) is 0.403. The third-order valence-electron chi connectivity index (χ3n) is 2.43. The lowest BCUT2D eigenvalue weighted by Gasteiger charge is -2.17. The zero-order chi connectivity index (χ0) is 14.0. The Bertz CT molecular complexity index is 277. The van der Waals surface area contributed by atoms with Crippen LogP contribution in [0.25, 0.3) is 0 Å². The zero-order valence-corrected chi connectivity index (χ0v) is 11.2. The number of rotatable bonds is 10. The van der Waals surface area contributed by atoms with Crippen molar-refractivity contribution in [1.29, 1.82) is 0 Å². The molecule has 0 heterocycles. The van der Waals surface area contributed by atoms with Crippen LogP contribution in [-0.2, 0) is 9.59 Å². The lowest BCUT2D eigenvalue weighted by molar-refractivity contribution is -0.138. The van der Waals surface area contributed by atoms with Crippen molar-refractivity contribution in [1.82, 2.24) is 10.6 Å². The van der Waals surface area contributed by atoms with Gasteiger partial charge in [-0.1, -0.05) is 19.9 Å². The summed E-state index contributed by atoms with van der Waals surface area (Å²) in [5.41, 5.74) is 0. The highest BCUT2D eigenvalue weighted by Crippen LogP contribution is 2.14. The molecule has 0 aliphatic carbocycles. The Labute approximate surface area is 109 Å². The fraction of sp³-hybridized carbons (Fsp3) is 0.692. The highest BCUT2D eigenvalue weighted by atomic mass is 16.4. The molecule has 0 radical (unpaired) electrons. The Hall–Kier alpha value is -1.36. The summed E-state index contributed by atoms with van der Waals surface area (Å²) in [5.74, 6) is -0.522. The van der Waals surface area contributed by atoms with Crippen molar-refractivity contribution < 1.29 is 14.7 Å². The second kappa shape index (κ2) is 9.65. The summed E-state index contributed by atoms with van der Waals surface area (Å²) in [5, 5.41) is 14.4. The van der Waals surface area contributed by atoms with E-state index in [9.17, 15) is 9.59 Å². The number of carbonyl (C=O) groups is 2. The number of hydrogen-bond donors (Lipinski definition) is 3. The zero-order valence-electron chi connectivity index (χ0n) is 11.2. The van der Waals surface area contributed by atoms with E-state index in [1.54, 1.807) is 6.08 Å². The molecule has 0 bridgehead atoms. The number of carbonyl (C=O) groups excluding carboxylic acids is 1. The molecule has 104 valence electrons. The maximum Gasteiger partial charge on any atom is 0.303 e. The highest BCUT2D eigenvalue weighted by molar-refractivity contribution is 5.78. The molecule has 0 saturated carbocycles. The van der Waals surface area contributed by atoms with E-state index in [1.165, 1.54) is 0 Å². The van der Waals surface area contributed by atoms with Crippen molar-refractivity contribution in [2.75, 3.05) is 19.6 Å². The Morgan fingerprint density at radius 3 is 2.56 bits per heavy atom. The number of amides is 1. The van der Waals surface area contributed by atoms with Crippen LogP contribution in [-0.4, -0.2) is 36.6 Å². The normalized spacial score (nSPS) is 12.2. The van der Waals surface area contributed by atoms with Gasteiger partial charge in [0.15, 0.2) is 0 Å². The second-order valence-electron chi connectivity index (χ2n) is 4.82. The molecule has 1 atom stereocenters. The summed E-state index contributed by atoms with van der Waals surface area (Å²) in [6.45, 7) is 8.85. The molecule has 0 spiro atoms. The fourth-order valence-electron chi connectivity index (χ4n) is 1.76. The van der Waals surface area contributed by atoms with Crippen molar-refractivity contribution >= 4 is 11.9 Å². The van der Waals surface area contributed by atoms with Gasteiger partial charge in [0.1, 0.15) is 0 Å². The summed E-state index contributed by atoms with van der Waals surface area (Å²) >= 11 is 0. The van der Waals surface area contributed by atoms with E-state index in [0.717, 1.165) is 6.42 Å². The van der Waals surface area contributed by atoms with Crippen molar-refractivity contribution in [3.63, 3.8) is 0 Å². The van der Waals surface area contributed by atoms with E-state index >= 15 is 0 Å². The molecular formula is C13H24N2O3. The molecular weight excluding hydrogens is 232 g/mol. The van der Waals surface area contributed by atoms with Gasteiger partial charge in [0.2, 0.25) is 5.91 Å². The number of carboxylic acids is 1.